The molecule has 3 rings (SSSR count). The van der Waals surface area contributed by atoms with Crippen LogP contribution in [-0.4, -0.2) is 48.5 Å². The lowest BCUT2D eigenvalue weighted by Crippen LogP contribution is -2.37. The maximum absolute atomic E-state index is 12.1. The third kappa shape index (κ3) is 6.95. The van der Waals surface area contributed by atoms with Crippen LogP contribution in [0, 0.1) is 6.92 Å². The molecule has 0 spiro atoms. The minimum atomic E-state index is -0.855. The van der Waals surface area contributed by atoms with Crippen molar-refractivity contribution in [2.75, 3.05) is 19.7 Å². The Morgan fingerprint density at radius 1 is 1.06 bits per heavy atom. The number of amides is 3. The second-order valence-corrected chi connectivity index (χ2v) is 7.32. The monoisotopic (exact) mass is 422 g/mol. The summed E-state index contributed by atoms with van der Waals surface area (Å²) in [5.41, 5.74) is 4.88. The molecule has 0 radical (unpaired) electrons. The number of nitrogens with zero attached hydrogens (tertiary/aromatic N) is 2. The normalized spacial score (nSPS) is 13.3. The van der Waals surface area contributed by atoms with Gasteiger partial charge in [-0.15, -0.1) is 0 Å². The van der Waals surface area contributed by atoms with Crippen molar-refractivity contribution in [1.29, 1.82) is 0 Å². The molecule has 1 saturated heterocycles. The molecule has 1 aliphatic heterocycles. The van der Waals surface area contributed by atoms with Crippen LogP contribution in [0.1, 0.15) is 29.5 Å². The summed E-state index contributed by atoms with van der Waals surface area (Å²) in [6, 6.07) is 14.6. The molecule has 3 amide bonds. The Morgan fingerprint density at radius 2 is 1.81 bits per heavy atom. The van der Waals surface area contributed by atoms with E-state index in [0.29, 0.717) is 11.3 Å². The first-order valence-corrected chi connectivity index (χ1v) is 10.2. The van der Waals surface area contributed by atoms with Gasteiger partial charge in [0.2, 0.25) is 0 Å². The number of nitrogens with one attached hydrogen (secondary N) is 2. The average Bonchev–Trinajstić information content (AvgIpc) is 3.32. The van der Waals surface area contributed by atoms with Crippen molar-refractivity contribution < 1.29 is 19.1 Å². The molecule has 2 N–H and O–H groups in total. The lowest BCUT2D eigenvalue weighted by Gasteiger charge is -2.15. The van der Waals surface area contributed by atoms with Crippen LogP contribution in [0.25, 0.3) is 0 Å². The van der Waals surface area contributed by atoms with Crippen molar-refractivity contribution in [3.8, 4) is 5.75 Å². The molecule has 0 aliphatic carbocycles. The lowest BCUT2D eigenvalue weighted by atomic mass is 10.1. The van der Waals surface area contributed by atoms with Gasteiger partial charge in [0.25, 0.3) is 5.91 Å². The van der Waals surface area contributed by atoms with E-state index < -0.39 is 11.8 Å². The third-order valence-corrected chi connectivity index (χ3v) is 4.84. The molecule has 2 aromatic carbocycles. The molecule has 1 heterocycles. The van der Waals surface area contributed by atoms with Crippen LogP contribution in [0.15, 0.2) is 53.6 Å². The molecule has 0 bridgehead atoms. The molecule has 0 atom stereocenters. The number of rotatable bonds is 7. The van der Waals surface area contributed by atoms with Gasteiger partial charge in [0, 0.05) is 19.6 Å². The number of benzene rings is 2. The zero-order valence-electron chi connectivity index (χ0n) is 17.5. The summed E-state index contributed by atoms with van der Waals surface area (Å²) in [7, 11) is 0. The zero-order chi connectivity index (χ0) is 22.1. The first-order valence-electron chi connectivity index (χ1n) is 10.2. The molecule has 1 fully saturated rings. The number of hydrazone groups is 1. The molecular weight excluding hydrogens is 396 g/mol. The van der Waals surface area contributed by atoms with E-state index in [1.54, 1.807) is 29.2 Å². The Morgan fingerprint density at radius 3 is 2.55 bits per heavy atom. The molecule has 2 aromatic rings. The number of aryl methyl sites for hydroxylation is 1. The maximum atomic E-state index is 12.1. The van der Waals surface area contributed by atoms with Crippen LogP contribution < -0.4 is 15.5 Å². The highest BCUT2D eigenvalue weighted by Gasteiger charge is 2.18. The summed E-state index contributed by atoms with van der Waals surface area (Å²) in [4.78, 5) is 37.6. The van der Waals surface area contributed by atoms with E-state index in [-0.39, 0.29) is 19.1 Å². The van der Waals surface area contributed by atoms with Crippen molar-refractivity contribution in [2.45, 2.75) is 26.3 Å². The van der Waals surface area contributed by atoms with E-state index >= 15 is 0 Å². The first kappa shape index (κ1) is 22.0. The van der Waals surface area contributed by atoms with Crippen molar-refractivity contribution in [1.82, 2.24) is 15.6 Å². The van der Waals surface area contributed by atoms with Gasteiger partial charge in [-0.3, -0.25) is 14.4 Å². The minimum absolute atomic E-state index is 0.0154. The van der Waals surface area contributed by atoms with Crippen LogP contribution in [0.4, 0.5) is 0 Å². The third-order valence-electron chi connectivity index (χ3n) is 4.84. The van der Waals surface area contributed by atoms with Gasteiger partial charge in [0.1, 0.15) is 5.75 Å². The topological polar surface area (TPSA) is 100 Å². The van der Waals surface area contributed by atoms with Gasteiger partial charge >= 0.3 is 11.8 Å². The number of ether oxygens (including phenoxy) is 1. The fraction of sp³-hybridized carbons (Fsp3) is 0.304. The van der Waals surface area contributed by atoms with Gasteiger partial charge in [-0.05, 0) is 43.0 Å². The average molecular weight is 422 g/mol. The van der Waals surface area contributed by atoms with Gasteiger partial charge in [-0.1, -0.05) is 42.0 Å². The summed E-state index contributed by atoms with van der Waals surface area (Å²) in [6.07, 6.45) is 3.47. The van der Waals surface area contributed by atoms with Crippen LogP contribution in [0.3, 0.4) is 0 Å². The van der Waals surface area contributed by atoms with E-state index in [9.17, 15) is 14.4 Å². The highest BCUT2D eigenvalue weighted by Crippen LogP contribution is 2.13. The largest absolute Gasteiger partial charge is 0.484 e. The SMILES string of the molecule is Cc1ccc(CNC(=O)C(=O)N/N=C\c2cccc(OCC(=O)N3CCCC3)c2)cc1. The second-order valence-electron chi connectivity index (χ2n) is 7.32. The zero-order valence-corrected chi connectivity index (χ0v) is 17.5. The minimum Gasteiger partial charge on any atom is -0.484 e. The van der Waals surface area contributed by atoms with Crippen LogP contribution in [0.5, 0.6) is 5.75 Å². The number of hydrogen-bond donors (Lipinski definition) is 2. The molecule has 31 heavy (non-hydrogen) atoms. The molecule has 0 aromatic heterocycles. The van der Waals surface area contributed by atoms with Crippen LogP contribution in [-0.2, 0) is 20.9 Å². The number of likely N-dealkylation sites (tertiary alicyclic amines) is 1. The number of hydrogen-bond acceptors (Lipinski definition) is 5. The molecule has 8 nitrogen and oxygen atoms in total. The standard InChI is InChI=1S/C23H26N4O4/c1-17-7-9-18(10-8-17)14-24-22(29)23(30)26-25-15-19-5-4-6-20(13-19)31-16-21(28)27-11-2-3-12-27/h4-10,13,15H,2-3,11-12,14,16H2,1H3,(H,24,29)(H,26,30)/b25-15-. The maximum Gasteiger partial charge on any atom is 0.329 e. The van der Waals surface area contributed by atoms with Gasteiger partial charge in [-0.2, -0.15) is 5.10 Å². The van der Waals surface area contributed by atoms with Gasteiger partial charge in [-0.25, -0.2) is 5.43 Å². The van der Waals surface area contributed by atoms with E-state index in [0.717, 1.165) is 37.1 Å². The molecule has 162 valence electrons. The molecular formula is C23H26N4O4. The quantitative estimate of drug-likeness (QED) is 0.403. The number of carbonyl (C=O) groups excluding carboxylic acids is 3. The van der Waals surface area contributed by atoms with E-state index in [1.165, 1.54) is 6.21 Å². The van der Waals surface area contributed by atoms with E-state index in [1.807, 2.05) is 31.2 Å². The Bertz CT molecular complexity index is 950. The summed E-state index contributed by atoms with van der Waals surface area (Å²) in [5.74, 6) is -1.12. The van der Waals surface area contributed by atoms with Gasteiger partial charge in [0.15, 0.2) is 6.61 Å². The fourth-order valence-corrected chi connectivity index (χ4v) is 3.07. The van der Waals surface area contributed by atoms with E-state index in [2.05, 4.69) is 15.8 Å². The summed E-state index contributed by atoms with van der Waals surface area (Å²) >= 11 is 0. The van der Waals surface area contributed by atoms with Crippen molar-refractivity contribution in [2.24, 2.45) is 5.10 Å². The summed E-state index contributed by atoms with van der Waals surface area (Å²) in [5, 5.41) is 6.36. The summed E-state index contributed by atoms with van der Waals surface area (Å²) in [6.45, 7) is 3.79. The molecule has 0 unspecified atom stereocenters. The van der Waals surface area contributed by atoms with Crippen molar-refractivity contribution in [3.63, 3.8) is 0 Å². The lowest BCUT2D eigenvalue weighted by molar-refractivity contribution is -0.139. The van der Waals surface area contributed by atoms with Crippen molar-refractivity contribution in [3.05, 3.63) is 65.2 Å². The molecule has 8 heteroatoms. The highest BCUT2D eigenvalue weighted by atomic mass is 16.5. The second kappa shape index (κ2) is 10.9. The van der Waals surface area contributed by atoms with Gasteiger partial charge < -0.3 is 15.0 Å². The molecule has 0 saturated carbocycles. The fourth-order valence-electron chi connectivity index (χ4n) is 3.07. The van der Waals surface area contributed by atoms with Crippen molar-refractivity contribution >= 4 is 23.9 Å². The highest BCUT2D eigenvalue weighted by molar-refractivity contribution is 6.35. The Balaban J connectivity index is 1.43. The Kier molecular flexibility index (Phi) is 7.75. The molecule has 1 aliphatic rings. The summed E-state index contributed by atoms with van der Waals surface area (Å²) < 4.78 is 5.56. The van der Waals surface area contributed by atoms with Crippen LogP contribution in [0.2, 0.25) is 0 Å². The number of carbonyl (C=O) groups is 3. The first-order chi connectivity index (χ1) is 15.0. The predicted molar refractivity (Wildman–Crippen MR) is 117 cm³/mol. The Labute approximate surface area is 181 Å². The predicted octanol–water partition coefficient (Wildman–Crippen LogP) is 1.76. The smallest absolute Gasteiger partial charge is 0.329 e. The Hall–Kier alpha value is -3.68. The van der Waals surface area contributed by atoms with Crippen LogP contribution >= 0.6 is 0 Å². The van der Waals surface area contributed by atoms with Gasteiger partial charge in [0.05, 0.1) is 6.21 Å². The van der Waals surface area contributed by atoms with E-state index in [4.69, 9.17) is 4.74 Å².